The van der Waals surface area contributed by atoms with Gasteiger partial charge in [0, 0.05) is 6.20 Å². The molecular formula is C8H8F2N2O2. The van der Waals surface area contributed by atoms with E-state index in [1.807, 2.05) is 0 Å². The Hall–Kier alpha value is -1.72. The van der Waals surface area contributed by atoms with E-state index in [1.54, 1.807) is 12.1 Å². The number of nitrogens with zero attached hydrogens (tertiary/aromatic N) is 1. The van der Waals surface area contributed by atoms with Crippen molar-refractivity contribution in [3.8, 4) is 0 Å². The van der Waals surface area contributed by atoms with Gasteiger partial charge in [-0.1, -0.05) is 6.07 Å². The summed E-state index contributed by atoms with van der Waals surface area (Å²) in [4.78, 5) is 13.7. The second-order valence-electron chi connectivity index (χ2n) is 2.58. The van der Waals surface area contributed by atoms with E-state index in [0.29, 0.717) is 0 Å². The molecule has 0 spiro atoms. The van der Waals surface area contributed by atoms with E-state index < -0.39 is 18.4 Å². The zero-order valence-corrected chi connectivity index (χ0v) is 7.08. The lowest BCUT2D eigenvalue weighted by Gasteiger charge is -2.11. The third-order valence-electron chi connectivity index (χ3n) is 1.47. The van der Waals surface area contributed by atoms with Crippen molar-refractivity contribution in [2.24, 2.45) is 0 Å². The minimum Gasteiger partial charge on any atom is -0.477 e. The van der Waals surface area contributed by atoms with Crippen LogP contribution in [0.25, 0.3) is 0 Å². The van der Waals surface area contributed by atoms with Crippen molar-refractivity contribution >= 4 is 11.8 Å². The maximum absolute atomic E-state index is 12.5. The summed E-state index contributed by atoms with van der Waals surface area (Å²) < 4.78 is 25.1. The van der Waals surface area contributed by atoms with Crippen molar-refractivity contribution in [2.45, 2.75) is 5.92 Å². The number of aromatic nitrogens is 1. The lowest BCUT2D eigenvalue weighted by Crippen LogP contribution is -2.36. The van der Waals surface area contributed by atoms with Crippen LogP contribution in [-0.2, 0) is 4.79 Å². The van der Waals surface area contributed by atoms with E-state index in [2.05, 4.69) is 10.3 Å². The van der Waals surface area contributed by atoms with Gasteiger partial charge in [-0.15, -0.1) is 0 Å². The predicted molar refractivity (Wildman–Crippen MR) is 45.3 cm³/mol. The number of carboxylic acid groups (broad SMARTS) is 1. The summed E-state index contributed by atoms with van der Waals surface area (Å²) in [5.74, 6) is -5.72. The molecule has 0 radical (unpaired) electrons. The minimum atomic E-state index is -3.78. The first-order chi connectivity index (χ1) is 6.52. The molecule has 1 heterocycles. The van der Waals surface area contributed by atoms with Gasteiger partial charge in [-0.05, 0) is 12.1 Å². The molecule has 0 fully saturated rings. The van der Waals surface area contributed by atoms with Crippen LogP contribution in [0.1, 0.15) is 0 Å². The number of alkyl halides is 2. The van der Waals surface area contributed by atoms with Crippen LogP contribution in [0, 0.1) is 0 Å². The Morgan fingerprint density at radius 1 is 1.57 bits per heavy atom. The van der Waals surface area contributed by atoms with Gasteiger partial charge < -0.3 is 10.4 Å². The summed E-state index contributed by atoms with van der Waals surface area (Å²) in [5, 5.41) is 10.3. The number of aliphatic carboxylic acids is 1. The molecule has 0 aliphatic heterocycles. The number of carbonyl (C=O) groups is 1. The summed E-state index contributed by atoms with van der Waals surface area (Å²) in [5.41, 5.74) is 0. The summed E-state index contributed by atoms with van der Waals surface area (Å²) >= 11 is 0. The fourth-order valence-corrected chi connectivity index (χ4v) is 0.745. The summed E-state index contributed by atoms with van der Waals surface area (Å²) in [7, 11) is 0. The highest BCUT2D eigenvalue weighted by atomic mass is 19.3. The number of hydrogen-bond acceptors (Lipinski definition) is 3. The third kappa shape index (κ3) is 2.65. The van der Waals surface area contributed by atoms with Gasteiger partial charge in [0.05, 0.1) is 6.54 Å². The Kier molecular flexibility index (Phi) is 2.95. The molecule has 1 aromatic heterocycles. The largest absolute Gasteiger partial charge is 0.477 e. The molecule has 1 rings (SSSR count). The van der Waals surface area contributed by atoms with Crippen LogP contribution in [0.15, 0.2) is 24.4 Å². The number of pyridine rings is 1. The van der Waals surface area contributed by atoms with Crippen molar-refractivity contribution in [3.63, 3.8) is 0 Å². The van der Waals surface area contributed by atoms with Crippen molar-refractivity contribution < 1.29 is 18.7 Å². The first-order valence-corrected chi connectivity index (χ1v) is 3.78. The van der Waals surface area contributed by atoms with Crippen LogP contribution in [0.5, 0.6) is 0 Å². The molecule has 4 nitrogen and oxygen atoms in total. The second kappa shape index (κ2) is 3.99. The number of anilines is 1. The number of hydrogen-bond donors (Lipinski definition) is 2. The minimum absolute atomic E-state index is 0.216. The Labute approximate surface area is 78.6 Å². The fourth-order valence-electron chi connectivity index (χ4n) is 0.745. The zero-order chi connectivity index (χ0) is 10.6. The Bertz CT molecular complexity index is 316. The molecule has 0 saturated heterocycles. The third-order valence-corrected chi connectivity index (χ3v) is 1.47. The van der Waals surface area contributed by atoms with Crippen LogP contribution in [0.2, 0.25) is 0 Å². The van der Waals surface area contributed by atoms with Gasteiger partial charge in [0.1, 0.15) is 5.82 Å². The van der Waals surface area contributed by atoms with Crippen molar-refractivity contribution in [1.29, 1.82) is 0 Å². The normalized spacial score (nSPS) is 11.0. The average Bonchev–Trinajstić information content (AvgIpc) is 2.16. The van der Waals surface area contributed by atoms with Crippen LogP contribution in [-0.4, -0.2) is 28.5 Å². The Balaban J connectivity index is 2.53. The molecule has 0 saturated carbocycles. The van der Waals surface area contributed by atoms with E-state index in [-0.39, 0.29) is 5.82 Å². The van der Waals surface area contributed by atoms with Crippen LogP contribution < -0.4 is 5.32 Å². The molecule has 0 aliphatic rings. The Morgan fingerprint density at radius 2 is 2.29 bits per heavy atom. The van der Waals surface area contributed by atoms with Gasteiger partial charge >= 0.3 is 11.9 Å². The molecule has 0 aliphatic carbocycles. The zero-order valence-electron chi connectivity index (χ0n) is 7.08. The summed E-state index contributed by atoms with van der Waals surface area (Å²) in [6, 6.07) is 4.70. The quantitative estimate of drug-likeness (QED) is 0.770. The molecule has 0 aromatic carbocycles. The molecule has 0 unspecified atom stereocenters. The number of halogens is 2. The van der Waals surface area contributed by atoms with Gasteiger partial charge in [0.25, 0.3) is 0 Å². The van der Waals surface area contributed by atoms with Gasteiger partial charge in [-0.25, -0.2) is 9.78 Å². The van der Waals surface area contributed by atoms with E-state index >= 15 is 0 Å². The Morgan fingerprint density at radius 3 is 2.79 bits per heavy atom. The monoisotopic (exact) mass is 202 g/mol. The molecule has 1 aromatic rings. The maximum Gasteiger partial charge on any atom is 0.376 e. The summed E-state index contributed by atoms with van der Waals surface area (Å²) in [6.07, 6.45) is 1.42. The molecule has 6 heteroatoms. The van der Waals surface area contributed by atoms with Gasteiger partial charge in [0.2, 0.25) is 0 Å². The summed E-state index contributed by atoms with van der Waals surface area (Å²) in [6.45, 7) is -0.973. The van der Waals surface area contributed by atoms with E-state index in [1.165, 1.54) is 12.3 Å². The molecule has 0 amide bonds. The van der Waals surface area contributed by atoms with E-state index in [0.717, 1.165) is 0 Å². The number of rotatable bonds is 4. The van der Waals surface area contributed by atoms with E-state index in [9.17, 15) is 13.6 Å². The first kappa shape index (κ1) is 10.4. The first-order valence-electron chi connectivity index (χ1n) is 3.78. The van der Waals surface area contributed by atoms with Gasteiger partial charge in [0.15, 0.2) is 0 Å². The van der Waals surface area contributed by atoms with Crippen LogP contribution in [0.4, 0.5) is 14.6 Å². The number of nitrogens with one attached hydrogen (secondary N) is 1. The highest BCUT2D eigenvalue weighted by Gasteiger charge is 2.38. The predicted octanol–water partition coefficient (Wildman–Crippen LogP) is 1.21. The highest BCUT2D eigenvalue weighted by molar-refractivity contribution is 5.76. The molecular weight excluding hydrogens is 194 g/mol. The molecule has 76 valence electrons. The molecule has 0 atom stereocenters. The average molecular weight is 202 g/mol. The van der Waals surface area contributed by atoms with Crippen molar-refractivity contribution in [3.05, 3.63) is 24.4 Å². The smallest absolute Gasteiger partial charge is 0.376 e. The lowest BCUT2D eigenvalue weighted by molar-refractivity contribution is -0.162. The van der Waals surface area contributed by atoms with Crippen LogP contribution >= 0.6 is 0 Å². The maximum atomic E-state index is 12.5. The number of carboxylic acids is 1. The fraction of sp³-hybridized carbons (Fsp3) is 0.250. The lowest BCUT2D eigenvalue weighted by atomic mass is 10.3. The standard InChI is InChI=1S/C8H8F2N2O2/c9-8(10,7(13)14)5-12-6-3-1-2-4-11-6/h1-4H,5H2,(H,11,12)(H,13,14). The molecule has 0 bridgehead atoms. The molecule has 2 N–H and O–H groups in total. The van der Waals surface area contributed by atoms with Crippen molar-refractivity contribution in [1.82, 2.24) is 4.98 Å². The SMILES string of the molecule is O=C(O)C(F)(F)CNc1ccccn1. The highest BCUT2D eigenvalue weighted by Crippen LogP contribution is 2.14. The molecule has 14 heavy (non-hydrogen) atoms. The second-order valence-corrected chi connectivity index (χ2v) is 2.58. The van der Waals surface area contributed by atoms with Gasteiger partial charge in [-0.2, -0.15) is 8.78 Å². The van der Waals surface area contributed by atoms with Crippen LogP contribution in [0.3, 0.4) is 0 Å². The topological polar surface area (TPSA) is 62.2 Å². The van der Waals surface area contributed by atoms with E-state index in [4.69, 9.17) is 5.11 Å². The van der Waals surface area contributed by atoms with Crippen molar-refractivity contribution in [2.75, 3.05) is 11.9 Å². The van der Waals surface area contributed by atoms with Gasteiger partial charge in [-0.3, -0.25) is 0 Å².